The molecule has 2 aromatic carbocycles. The highest BCUT2D eigenvalue weighted by molar-refractivity contribution is 7.91. The zero-order chi connectivity index (χ0) is 19.2. The van der Waals surface area contributed by atoms with Gasteiger partial charge in [0.1, 0.15) is 5.75 Å². The molecule has 2 N–H and O–H groups in total. The lowest BCUT2D eigenvalue weighted by molar-refractivity contribution is -0.116. The first-order valence-corrected chi connectivity index (χ1v) is 9.50. The van der Waals surface area contributed by atoms with Crippen molar-refractivity contribution in [2.75, 3.05) is 23.5 Å². The highest BCUT2D eigenvalue weighted by Crippen LogP contribution is 2.23. The van der Waals surface area contributed by atoms with Crippen molar-refractivity contribution in [3.63, 3.8) is 0 Å². The third-order valence-corrected chi connectivity index (χ3v) is 5.24. The van der Waals surface area contributed by atoms with Crippen LogP contribution in [0.3, 0.4) is 0 Å². The van der Waals surface area contributed by atoms with Crippen LogP contribution in [0.1, 0.15) is 13.3 Å². The van der Waals surface area contributed by atoms with Crippen molar-refractivity contribution in [2.24, 2.45) is 0 Å². The van der Waals surface area contributed by atoms with Crippen molar-refractivity contribution in [2.45, 2.75) is 18.2 Å². The molecule has 0 heterocycles. The smallest absolute Gasteiger partial charge is 0.225 e. The monoisotopic (exact) mass is 376 g/mol. The predicted molar refractivity (Wildman–Crippen MR) is 99.0 cm³/mol. The minimum atomic E-state index is -3.61. The Bertz CT molecular complexity index is 892. The van der Waals surface area contributed by atoms with Crippen molar-refractivity contribution in [3.8, 4) is 5.75 Å². The lowest BCUT2D eigenvalue weighted by Crippen LogP contribution is -2.18. The van der Waals surface area contributed by atoms with E-state index in [9.17, 15) is 18.0 Å². The van der Waals surface area contributed by atoms with Gasteiger partial charge >= 0.3 is 0 Å². The minimum Gasteiger partial charge on any atom is -0.495 e. The number of para-hydroxylation sites is 2. The van der Waals surface area contributed by atoms with Crippen LogP contribution in [0.15, 0.2) is 53.4 Å². The second-order valence-corrected chi connectivity index (χ2v) is 7.63. The molecule has 0 saturated heterocycles. The van der Waals surface area contributed by atoms with Crippen molar-refractivity contribution >= 4 is 33.0 Å². The first-order chi connectivity index (χ1) is 12.3. The van der Waals surface area contributed by atoms with Crippen molar-refractivity contribution in [1.82, 2.24) is 0 Å². The van der Waals surface area contributed by atoms with Crippen LogP contribution in [0, 0.1) is 0 Å². The molecular formula is C18H20N2O5S. The average Bonchev–Trinajstić information content (AvgIpc) is 2.60. The number of hydrogen-bond donors (Lipinski definition) is 2. The van der Waals surface area contributed by atoms with Gasteiger partial charge < -0.3 is 15.4 Å². The third-order valence-electron chi connectivity index (χ3n) is 3.51. The first kappa shape index (κ1) is 19.5. The Morgan fingerprint density at radius 1 is 1.00 bits per heavy atom. The SMILES string of the molecule is COc1ccccc1NC(=O)CCS(=O)(=O)c1ccc(NC(C)=O)cc1. The summed E-state index contributed by atoms with van der Waals surface area (Å²) in [4.78, 5) is 23.1. The topological polar surface area (TPSA) is 102 Å². The molecule has 0 saturated carbocycles. The highest BCUT2D eigenvalue weighted by Gasteiger charge is 2.17. The summed E-state index contributed by atoms with van der Waals surface area (Å²) >= 11 is 0. The fraction of sp³-hybridized carbons (Fsp3) is 0.222. The van der Waals surface area contributed by atoms with E-state index in [1.54, 1.807) is 24.3 Å². The summed E-state index contributed by atoms with van der Waals surface area (Å²) in [5.74, 6) is -0.494. The standard InChI is InChI=1S/C18H20N2O5S/c1-13(21)19-14-7-9-15(10-8-14)26(23,24)12-11-18(22)20-16-5-3-4-6-17(16)25-2/h3-10H,11-12H2,1-2H3,(H,19,21)(H,20,22). The maximum atomic E-state index is 12.4. The maximum absolute atomic E-state index is 12.4. The number of carbonyl (C=O) groups excluding carboxylic acids is 2. The molecule has 0 spiro atoms. The van der Waals surface area contributed by atoms with Gasteiger partial charge in [-0.15, -0.1) is 0 Å². The van der Waals surface area contributed by atoms with Gasteiger partial charge in [-0.05, 0) is 36.4 Å². The number of carbonyl (C=O) groups is 2. The minimum absolute atomic E-state index is 0.0942. The van der Waals surface area contributed by atoms with Crippen LogP contribution in [0.25, 0.3) is 0 Å². The lowest BCUT2D eigenvalue weighted by atomic mass is 10.3. The van der Waals surface area contributed by atoms with Gasteiger partial charge in [-0.3, -0.25) is 9.59 Å². The molecule has 26 heavy (non-hydrogen) atoms. The molecule has 0 bridgehead atoms. The normalized spacial score (nSPS) is 10.8. The molecule has 138 valence electrons. The van der Waals surface area contributed by atoms with E-state index in [0.29, 0.717) is 17.1 Å². The number of nitrogens with one attached hydrogen (secondary N) is 2. The molecule has 0 aliphatic carbocycles. The van der Waals surface area contributed by atoms with Gasteiger partial charge in [-0.25, -0.2) is 8.42 Å². The predicted octanol–water partition coefficient (Wildman–Crippen LogP) is 2.46. The van der Waals surface area contributed by atoms with Crippen molar-refractivity contribution in [3.05, 3.63) is 48.5 Å². The molecule has 8 heteroatoms. The molecule has 2 aromatic rings. The van der Waals surface area contributed by atoms with Gasteiger partial charge in [0.15, 0.2) is 9.84 Å². The summed E-state index contributed by atoms with van der Waals surface area (Å²) in [6, 6.07) is 12.7. The second kappa shape index (κ2) is 8.48. The van der Waals surface area contributed by atoms with Gasteiger partial charge in [0, 0.05) is 19.0 Å². The van der Waals surface area contributed by atoms with E-state index in [-0.39, 0.29) is 23.0 Å². The molecule has 0 unspecified atom stereocenters. The van der Waals surface area contributed by atoms with Gasteiger partial charge in [0.25, 0.3) is 0 Å². The zero-order valence-electron chi connectivity index (χ0n) is 14.5. The average molecular weight is 376 g/mol. The summed E-state index contributed by atoms with van der Waals surface area (Å²) in [6.07, 6.45) is -0.187. The van der Waals surface area contributed by atoms with E-state index in [4.69, 9.17) is 4.74 Å². The maximum Gasteiger partial charge on any atom is 0.225 e. The third kappa shape index (κ3) is 5.32. The molecule has 2 amide bonds. The number of benzene rings is 2. The second-order valence-electron chi connectivity index (χ2n) is 5.52. The van der Waals surface area contributed by atoms with E-state index >= 15 is 0 Å². The van der Waals surface area contributed by atoms with Crippen LogP contribution in [-0.4, -0.2) is 33.1 Å². The van der Waals surface area contributed by atoms with Crippen LogP contribution in [0.5, 0.6) is 5.75 Å². The highest BCUT2D eigenvalue weighted by atomic mass is 32.2. The fourth-order valence-corrected chi connectivity index (χ4v) is 3.49. The van der Waals surface area contributed by atoms with E-state index in [1.165, 1.54) is 38.3 Å². The Kier molecular flexibility index (Phi) is 6.35. The van der Waals surface area contributed by atoms with Gasteiger partial charge in [-0.2, -0.15) is 0 Å². The van der Waals surface area contributed by atoms with Crippen LogP contribution >= 0.6 is 0 Å². The number of anilines is 2. The largest absolute Gasteiger partial charge is 0.495 e. The van der Waals surface area contributed by atoms with Gasteiger partial charge in [-0.1, -0.05) is 12.1 Å². The number of ether oxygens (including phenoxy) is 1. The van der Waals surface area contributed by atoms with Gasteiger partial charge in [0.2, 0.25) is 11.8 Å². The summed E-state index contributed by atoms with van der Waals surface area (Å²) in [5.41, 5.74) is 0.988. The summed E-state index contributed by atoms with van der Waals surface area (Å²) < 4.78 is 29.8. The Balaban J connectivity index is 1.98. The summed E-state index contributed by atoms with van der Waals surface area (Å²) in [5, 5.41) is 5.20. The van der Waals surface area contributed by atoms with E-state index < -0.39 is 15.7 Å². The van der Waals surface area contributed by atoms with E-state index in [0.717, 1.165) is 0 Å². The van der Waals surface area contributed by atoms with Crippen LogP contribution in [-0.2, 0) is 19.4 Å². The number of hydrogen-bond acceptors (Lipinski definition) is 5. The summed E-state index contributed by atoms with van der Waals surface area (Å²) in [7, 11) is -2.13. The first-order valence-electron chi connectivity index (χ1n) is 7.85. The quantitative estimate of drug-likeness (QED) is 0.773. The Hall–Kier alpha value is -2.87. The Labute approximate surface area is 152 Å². The van der Waals surface area contributed by atoms with Crippen LogP contribution in [0.2, 0.25) is 0 Å². The molecule has 7 nitrogen and oxygen atoms in total. The Morgan fingerprint density at radius 3 is 2.27 bits per heavy atom. The molecule has 0 fully saturated rings. The number of methoxy groups -OCH3 is 1. The lowest BCUT2D eigenvalue weighted by Gasteiger charge is -2.10. The van der Waals surface area contributed by atoms with Crippen molar-refractivity contribution < 1.29 is 22.7 Å². The molecule has 0 radical (unpaired) electrons. The number of rotatable bonds is 7. The Morgan fingerprint density at radius 2 is 1.65 bits per heavy atom. The van der Waals surface area contributed by atoms with Crippen LogP contribution < -0.4 is 15.4 Å². The fourth-order valence-electron chi connectivity index (χ4n) is 2.25. The molecular weight excluding hydrogens is 356 g/mol. The molecule has 0 aliphatic heterocycles. The summed E-state index contributed by atoms with van der Waals surface area (Å²) in [6.45, 7) is 1.37. The van der Waals surface area contributed by atoms with E-state index in [2.05, 4.69) is 10.6 Å². The van der Waals surface area contributed by atoms with Gasteiger partial charge in [0.05, 0.1) is 23.4 Å². The van der Waals surface area contributed by atoms with Crippen LogP contribution in [0.4, 0.5) is 11.4 Å². The number of sulfone groups is 1. The molecule has 0 atom stereocenters. The molecule has 0 aromatic heterocycles. The van der Waals surface area contributed by atoms with Crippen molar-refractivity contribution in [1.29, 1.82) is 0 Å². The van der Waals surface area contributed by atoms with E-state index in [1.807, 2.05) is 0 Å². The molecule has 0 aliphatic rings. The molecule has 2 rings (SSSR count). The number of amides is 2. The zero-order valence-corrected chi connectivity index (χ0v) is 15.3.